The predicted molar refractivity (Wildman–Crippen MR) is 61.8 cm³/mol. The Kier molecular flexibility index (Phi) is 3.37. The van der Waals surface area contributed by atoms with Crippen LogP contribution in [0.15, 0.2) is 24.3 Å². The van der Waals surface area contributed by atoms with Crippen LogP contribution >= 0.6 is 0 Å². The van der Waals surface area contributed by atoms with Gasteiger partial charge in [0.05, 0.1) is 6.61 Å². The Labute approximate surface area is 94.7 Å². The largest absolute Gasteiger partial charge is 0.493 e. The van der Waals surface area contributed by atoms with E-state index >= 15 is 0 Å². The fraction of sp³-hybridized carbons (Fsp3) is 0.308. The average Bonchev–Trinajstić information content (AvgIpc) is 2.67. The number of hydrogen-bond donors (Lipinski definition) is 0. The molecule has 3 heteroatoms. The molecule has 0 aromatic heterocycles. The van der Waals surface area contributed by atoms with Crippen molar-refractivity contribution in [1.82, 2.24) is 0 Å². The zero-order valence-electron chi connectivity index (χ0n) is 9.23. The molecule has 1 aromatic carbocycles. The van der Waals surface area contributed by atoms with Crippen molar-refractivity contribution in [1.29, 1.82) is 0 Å². The second-order valence-electron chi connectivity index (χ2n) is 3.64. The lowest BCUT2D eigenvalue weighted by molar-refractivity contribution is 0.104. The summed E-state index contributed by atoms with van der Waals surface area (Å²) < 4.78 is 10.4. The number of rotatable bonds is 5. The summed E-state index contributed by atoms with van der Waals surface area (Å²) in [4.78, 5) is 11.4. The molecule has 0 unspecified atom stereocenters. The fourth-order valence-electron chi connectivity index (χ4n) is 1.63. The predicted octanol–water partition coefficient (Wildman–Crippen LogP) is 2.31. The normalized spacial score (nSPS) is 12.9. The zero-order valence-corrected chi connectivity index (χ0v) is 9.23. The van der Waals surface area contributed by atoms with Gasteiger partial charge < -0.3 is 9.47 Å². The van der Waals surface area contributed by atoms with E-state index < -0.39 is 0 Å². The molecule has 0 saturated carbocycles. The lowest BCUT2D eigenvalue weighted by atomic mass is 10.1. The second-order valence-corrected chi connectivity index (χ2v) is 3.64. The molecule has 0 spiro atoms. The minimum Gasteiger partial charge on any atom is -0.493 e. The van der Waals surface area contributed by atoms with Gasteiger partial charge in [0.1, 0.15) is 5.75 Å². The number of carbonyl (C=O) groups excluding carboxylic acids is 1. The number of fused-ring (bicyclic) bond motifs is 1. The quantitative estimate of drug-likeness (QED) is 0.711. The summed E-state index contributed by atoms with van der Waals surface area (Å²) in [6.07, 6.45) is 4.26. The van der Waals surface area contributed by atoms with Crippen molar-refractivity contribution in [2.45, 2.75) is 6.42 Å². The third kappa shape index (κ3) is 2.31. The SMILES string of the molecule is COCCCOc1ccc2c(c1)C(=O)C=C2. The number of carbonyl (C=O) groups is 1. The van der Waals surface area contributed by atoms with E-state index in [9.17, 15) is 4.79 Å². The number of benzene rings is 1. The van der Waals surface area contributed by atoms with E-state index in [0.29, 0.717) is 13.2 Å². The van der Waals surface area contributed by atoms with Crippen molar-refractivity contribution in [3.05, 3.63) is 35.4 Å². The molecule has 2 rings (SSSR count). The minimum absolute atomic E-state index is 0.0531. The Morgan fingerprint density at radius 3 is 2.88 bits per heavy atom. The first-order chi connectivity index (χ1) is 7.81. The van der Waals surface area contributed by atoms with Crippen molar-refractivity contribution in [2.24, 2.45) is 0 Å². The van der Waals surface area contributed by atoms with Crippen molar-refractivity contribution in [3.63, 3.8) is 0 Å². The molecule has 0 N–H and O–H groups in total. The number of methoxy groups -OCH3 is 1. The zero-order chi connectivity index (χ0) is 11.4. The van der Waals surface area contributed by atoms with Gasteiger partial charge in [-0.05, 0) is 23.8 Å². The number of ketones is 1. The first kappa shape index (κ1) is 10.9. The minimum atomic E-state index is 0.0531. The summed E-state index contributed by atoms with van der Waals surface area (Å²) in [5.41, 5.74) is 1.69. The van der Waals surface area contributed by atoms with Crippen molar-refractivity contribution in [3.8, 4) is 5.75 Å². The molecular formula is C13H14O3. The monoisotopic (exact) mass is 218 g/mol. The van der Waals surface area contributed by atoms with Crippen LogP contribution in [0.5, 0.6) is 5.75 Å². The molecule has 0 aliphatic heterocycles. The van der Waals surface area contributed by atoms with Gasteiger partial charge in [-0.15, -0.1) is 0 Å². The van der Waals surface area contributed by atoms with Crippen LogP contribution in [0, 0.1) is 0 Å². The van der Waals surface area contributed by atoms with E-state index in [4.69, 9.17) is 9.47 Å². The van der Waals surface area contributed by atoms with Crippen molar-refractivity contribution < 1.29 is 14.3 Å². The van der Waals surface area contributed by atoms with Crippen molar-refractivity contribution >= 4 is 11.9 Å². The molecule has 0 heterocycles. The highest BCUT2D eigenvalue weighted by Crippen LogP contribution is 2.24. The van der Waals surface area contributed by atoms with Gasteiger partial charge in [0.15, 0.2) is 5.78 Å². The van der Waals surface area contributed by atoms with E-state index in [1.807, 2.05) is 18.2 Å². The van der Waals surface area contributed by atoms with Gasteiger partial charge in [0, 0.05) is 25.7 Å². The van der Waals surface area contributed by atoms with Gasteiger partial charge in [-0.2, -0.15) is 0 Å². The Morgan fingerprint density at radius 2 is 2.06 bits per heavy atom. The van der Waals surface area contributed by atoms with E-state index in [2.05, 4.69) is 0 Å². The third-order valence-corrected chi connectivity index (χ3v) is 2.47. The Morgan fingerprint density at radius 1 is 1.19 bits per heavy atom. The highest BCUT2D eigenvalue weighted by atomic mass is 16.5. The summed E-state index contributed by atoms with van der Waals surface area (Å²) in [6.45, 7) is 1.29. The van der Waals surface area contributed by atoms with Crippen molar-refractivity contribution in [2.75, 3.05) is 20.3 Å². The maximum Gasteiger partial charge on any atom is 0.186 e. The summed E-state index contributed by atoms with van der Waals surface area (Å²) in [7, 11) is 1.67. The van der Waals surface area contributed by atoms with Crippen LogP contribution in [0.3, 0.4) is 0 Å². The van der Waals surface area contributed by atoms with Gasteiger partial charge in [-0.25, -0.2) is 0 Å². The highest BCUT2D eigenvalue weighted by Gasteiger charge is 2.13. The number of hydrogen-bond acceptors (Lipinski definition) is 3. The lowest BCUT2D eigenvalue weighted by Gasteiger charge is -2.07. The molecule has 0 bridgehead atoms. The van der Waals surface area contributed by atoms with E-state index in [1.54, 1.807) is 19.3 Å². The summed E-state index contributed by atoms with van der Waals surface area (Å²) >= 11 is 0. The molecule has 0 saturated heterocycles. The van der Waals surface area contributed by atoms with Gasteiger partial charge in [-0.1, -0.05) is 12.1 Å². The summed E-state index contributed by atoms with van der Waals surface area (Å²) in [5, 5.41) is 0. The van der Waals surface area contributed by atoms with Crippen LogP contribution in [0.1, 0.15) is 22.3 Å². The summed E-state index contributed by atoms with van der Waals surface area (Å²) in [5.74, 6) is 0.796. The Bertz CT molecular complexity index is 421. The highest BCUT2D eigenvalue weighted by molar-refractivity contribution is 6.13. The van der Waals surface area contributed by atoms with Gasteiger partial charge in [0.2, 0.25) is 0 Å². The maximum absolute atomic E-state index is 11.4. The molecule has 0 radical (unpaired) electrons. The fourth-order valence-corrected chi connectivity index (χ4v) is 1.63. The van der Waals surface area contributed by atoms with Crippen LogP contribution in [0.2, 0.25) is 0 Å². The van der Waals surface area contributed by atoms with Crippen LogP contribution in [0.25, 0.3) is 6.08 Å². The van der Waals surface area contributed by atoms with Crippen LogP contribution in [-0.2, 0) is 4.74 Å². The maximum atomic E-state index is 11.4. The molecular weight excluding hydrogens is 204 g/mol. The average molecular weight is 218 g/mol. The van der Waals surface area contributed by atoms with Gasteiger partial charge in [0.25, 0.3) is 0 Å². The second kappa shape index (κ2) is 4.94. The van der Waals surface area contributed by atoms with Crippen LogP contribution in [-0.4, -0.2) is 26.1 Å². The molecule has 0 amide bonds. The van der Waals surface area contributed by atoms with E-state index in [1.165, 1.54) is 0 Å². The number of allylic oxidation sites excluding steroid dienone is 1. The van der Waals surface area contributed by atoms with E-state index in [0.717, 1.165) is 23.3 Å². The molecule has 0 atom stereocenters. The Balaban J connectivity index is 1.97. The smallest absolute Gasteiger partial charge is 0.186 e. The topological polar surface area (TPSA) is 35.5 Å². The molecule has 1 aliphatic carbocycles. The molecule has 84 valence electrons. The van der Waals surface area contributed by atoms with Crippen LogP contribution in [0.4, 0.5) is 0 Å². The molecule has 3 nitrogen and oxygen atoms in total. The molecule has 1 aliphatic rings. The molecule has 1 aromatic rings. The molecule has 0 fully saturated rings. The first-order valence-corrected chi connectivity index (χ1v) is 5.29. The van der Waals surface area contributed by atoms with Gasteiger partial charge >= 0.3 is 0 Å². The standard InChI is InChI=1S/C13H14O3/c1-15-7-2-8-16-11-5-3-10-4-6-13(14)12(10)9-11/h3-6,9H,2,7-8H2,1H3. The first-order valence-electron chi connectivity index (χ1n) is 5.29. The van der Waals surface area contributed by atoms with Gasteiger partial charge in [-0.3, -0.25) is 4.79 Å². The summed E-state index contributed by atoms with van der Waals surface area (Å²) in [6, 6.07) is 5.58. The third-order valence-electron chi connectivity index (χ3n) is 2.47. The molecule has 16 heavy (non-hydrogen) atoms. The Hall–Kier alpha value is -1.61. The van der Waals surface area contributed by atoms with E-state index in [-0.39, 0.29) is 5.78 Å². The van der Waals surface area contributed by atoms with Crippen LogP contribution < -0.4 is 4.74 Å². The lowest BCUT2D eigenvalue weighted by Crippen LogP contribution is -2.02. The number of ether oxygens (including phenoxy) is 2.